The number of benzene rings is 2. The highest BCUT2D eigenvalue weighted by Crippen LogP contribution is 2.31. The highest BCUT2D eigenvalue weighted by Gasteiger charge is 2.21. The summed E-state index contributed by atoms with van der Waals surface area (Å²) in [7, 11) is -0.820. The number of fused-ring (bicyclic) bond motifs is 1. The van der Waals surface area contributed by atoms with Crippen LogP contribution >= 0.6 is 11.3 Å². The number of nitrogens with zero attached hydrogens (tertiary/aromatic N) is 3. The Morgan fingerprint density at radius 2 is 1.90 bits per heavy atom. The topological polar surface area (TPSA) is 83.8 Å². The molecular formula is C20H17FN4O3S2. The summed E-state index contributed by atoms with van der Waals surface area (Å²) < 4.78 is 40.9. The lowest BCUT2D eigenvalue weighted by Crippen LogP contribution is -2.23. The van der Waals surface area contributed by atoms with Crippen molar-refractivity contribution in [1.29, 1.82) is 0 Å². The molecule has 10 heteroatoms. The maximum atomic E-state index is 13.3. The first-order valence-electron chi connectivity index (χ1n) is 8.83. The second kappa shape index (κ2) is 7.63. The lowest BCUT2D eigenvalue weighted by molar-refractivity contribution is 0.102. The molecule has 2 heterocycles. The van der Waals surface area contributed by atoms with E-state index in [9.17, 15) is 17.6 Å². The summed E-state index contributed by atoms with van der Waals surface area (Å²) in [6.45, 7) is 0. The standard InChI is InChI=1S/C20H17FN4O3S2/c1-24(2)30(27,28)16-5-3-4-14(12-16)19(26)23-18-17(13-6-8-15(21)9-7-13)22-20-25(18)10-11-29-20/h3-12H,1-2H3,(H,23,26). The minimum Gasteiger partial charge on any atom is -0.306 e. The molecule has 0 unspecified atom stereocenters. The summed E-state index contributed by atoms with van der Waals surface area (Å²) in [5.74, 6) is -0.435. The first-order valence-corrected chi connectivity index (χ1v) is 11.1. The molecule has 0 saturated carbocycles. The van der Waals surface area contributed by atoms with Crippen molar-refractivity contribution in [2.24, 2.45) is 0 Å². The highest BCUT2D eigenvalue weighted by molar-refractivity contribution is 7.89. The van der Waals surface area contributed by atoms with Gasteiger partial charge in [-0.3, -0.25) is 9.20 Å². The fourth-order valence-corrected chi connectivity index (χ4v) is 4.56. The Kier molecular flexibility index (Phi) is 5.14. The van der Waals surface area contributed by atoms with Crippen LogP contribution in [0.1, 0.15) is 10.4 Å². The average Bonchev–Trinajstić information content (AvgIpc) is 3.31. The van der Waals surface area contributed by atoms with Crippen LogP contribution in [0.15, 0.2) is 65.0 Å². The molecule has 2 aromatic heterocycles. The number of rotatable bonds is 5. The van der Waals surface area contributed by atoms with Gasteiger partial charge in [0.05, 0.1) is 4.90 Å². The molecular weight excluding hydrogens is 427 g/mol. The van der Waals surface area contributed by atoms with Crippen LogP contribution in [-0.2, 0) is 10.0 Å². The molecule has 1 amide bonds. The van der Waals surface area contributed by atoms with Gasteiger partial charge in [-0.05, 0) is 42.5 Å². The van der Waals surface area contributed by atoms with Gasteiger partial charge in [0, 0.05) is 36.8 Å². The van der Waals surface area contributed by atoms with Gasteiger partial charge < -0.3 is 5.32 Å². The van der Waals surface area contributed by atoms with Crippen molar-refractivity contribution in [2.75, 3.05) is 19.4 Å². The highest BCUT2D eigenvalue weighted by atomic mass is 32.2. The third kappa shape index (κ3) is 3.60. The van der Waals surface area contributed by atoms with E-state index in [1.54, 1.807) is 22.7 Å². The lowest BCUT2D eigenvalue weighted by Gasteiger charge is -2.12. The van der Waals surface area contributed by atoms with E-state index in [4.69, 9.17) is 0 Å². The molecule has 0 bridgehead atoms. The van der Waals surface area contributed by atoms with Gasteiger partial charge in [-0.2, -0.15) is 0 Å². The molecule has 0 fully saturated rings. The molecule has 2 aromatic carbocycles. The van der Waals surface area contributed by atoms with Gasteiger partial charge in [0.1, 0.15) is 17.3 Å². The molecule has 7 nitrogen and oxygen atoms in total. The number of nitrogens with one attached hydrogen (secondary N) is 1. The molecule has 0 aliphatic heterocycles. The predicted octanol–water partition coefficient (Wildman–Crippen LogP) is 3.70. The zero-order chi connectivity index (χ0) is 21.5. The van der Waals surface area contributed by atoms with Crippen molar-refractivity contribution in [3.8, 4) is 11.3 Å². The summed E-state index contributed by atoms with van der Waals surface area (Å²) in [4.78, 5) is 18.2. The Morgan fingerprint density at radius 3 is 2.60 bits per heavy atom. The number of imidazole rings is 1. The Bertz CT molecular complexity index is 1340. The first-order chi connectivity index (χ1) is 14.3. The minimum atomic E-state index is -3.67. The van der Waals surface area contributed by atoms with Crippen LogP contribution in [0, 0.1) is 5.82 Å². The van der Waals surface area contributed by atoms with Crippen molar-refractivity contribution >= 4 is 38.0 Å². The summed E-state index contributed by atoms with van der Waals surface area (Å²) in [6, 6.07) is 11.6. The van der Waals surface area contributed by atoms with Crippen molar-refractivity contribution in [1.82, 2.24) is 13.7 Å². The molecule has 154 valence electrons. The molecule has 0 aliphatic rings. The van der Waals surface area contributed by atoms with Crippen molar-refractivity contribution in [2.45, 2.75) is 4.90 Å². The molecule has 0 atom stereocenters. The van der Waals surface area contributed by atoms with E-state index in [2.05, 4.69) is 10.3 Å². The van der Waals surface area contributed by atoms with Gasteiger partial charge in [-0.1, -0.05) is 6.07 Å². The maximum absolute atomic E-state index is 13.3. The normalized spacial score (nSPS) is 11.9. The molecule has 0 spiro atoms. The SMILES string of the molecule is CN(C)S(=O)(=O)c1cccc(C(=O)Nc2c(-c3ccc(F)cc3)nc3sccn23)c1. The molecule has 0 aliphatic carbocycles. The molecule has 0 saturated heterocycles. The van der Waals surface area contributed by atoms with Crippen LogP contribution in [0.5, 0.6) is 0 Å². The number of aromatic nitrogens is 2. The monoisotopic (exact) mass is 444 g/mol. The zero-order valence-corrected chi connectivity index (χ0v) is 17.7. The van der Waals surface area contributed by atoms with Gasteiger partial charge in [0.15, 0.2) is 4.96 Å². The number of sulfonamides is 1. The number of anilines is 1. The van der Waals surface area contributed by atoms with Crippen LogP contribution in [0.4, 0.5) is 10.2 Å². The predicted molar refractivity (Wildman–Crippen MR) is 114 cm³/mol. The fourth-order valence-electron chi connectivity index (χ4n) is 2.90. The Morgan fingerprint density at radius 1 is 1.17 bits per heavy atom. The van der Waals surface area contributed by atoms with Gasteiger partial charge in [-0.15, -0.1) is 11.3 Å². The maximum Gasteiger partial charge on any atom is 0.256 e. The number of carbonyl (C=O) groups excluding carboxylic acids is 1. The number of hydrogen-bond acceptors (Lipinski definition) is 5. The average molecular weight is 445 g/mol. The number of carbonyl (C=O) groups is 1. The van der Waals surface area contributed by atoms with Gasteiger partial charge in [0.2, 0.25) is 10.0 Å². The Labute approximate surface area is 176 Å². The number of amides is 1. The largest absolute Gasteiger partial charge is 0.306 e. The smallest absolute Gasteiger partial charge is 0.256 e. The van der Waals surface area contributed by atoms with E-state index in [1.807, 2.05) is 5.38 Å². The van der Waals surface area contributed by atoms with E-state index < -0.39 is 15.9 Å². The Hall–Kier alpha value is -3.08. The van der Waals surface area contributed by atoms with Gasteiger partial charge >= 0.3 is 0 Å². The number of halogens is 1. The zero-order valence-electron chi connectivity index (χ0n) is 16.0. The van der Waals surface area contributed by atoms with Crippen LogP contribution in [0.2, 0.25) is 0 Å². The summed E-state index contributed by atoms with van der Waals surface area (Å²) >= 11 is 1.39. The first kappa shape index (κ1) is 20.2. The van der Waals surface area contributed by atoms with Gasteiger partial charge in [0.25, 0.3) is 5.91 Å². The summed E-state index contributed by atoms with van der Waals surface area (Å²) in [6.07, 6.45) is 1.77. The van der Waals surface area contributed by atoms with Crippen LogP contribution < -0.4 is 5.32 Å². The molecule has 4 aromatic rings. The lowest BCUT2D eigenvalue weighted by atomic mass is 10.1. The second-order valence-corrected chi connectivity index (χ2v) is 9.67. The van der Waals surface area contributed by atoms with Crippen LogP contribution in [-0.4, -0.2) is 42.1 Å². The molecule has 4 rings (SSSR count). The summed E-state index contributed by atoms with van der Waals surface area (Å²) in [5, 5.41) is 4.65. The van der Waals surface area contributed by atoms with E-state index >= 15 is 0 Å². The second-order valence-electron chi connectivity index (χ2n) is 6.64. The quantitative estimate of drug-likeness (QED) is 0.509. The van der Waals surface area contributed by atoms with Crippen molar-refractivity contribution in [3.05, 3.63) is 71.5 Å². The van der Waals surface area contributed by atoms with Crippen molar-refractivity contribution in [3.63, 3.8) is 0 Å². The van der Waals surface area contributed by atoms with Crippen molar-refractivity contribution < 1.29 is 17.6 Å². The van der Waals surface area contributed by atoms with E-state index in [1.165, 1.54) is 61.8 Å². The van der Waals surface area contributed by atoms with Crippen LogP contribution in [0.25, 0.3) is 16.2 Å². The van der Waals surface area contributed by atoms with Crippen LogP contribution in [0.3, 0.4) is 0 Å². The third-order valence-electron chi connectivity index (χ3n) is 4.49. The molecule has 30 heavy (non-hydrogen) atoms. The molecule has 0 radical (unpaired) electrons. The molecule has 1 N–H and O–H groups in total. The number of hydrogen-bond donors (Lipinski definition) is 1. The van der Waals surface area contributed by atoms with E-state index in [0.29, 0.717) is 22.0 Å². The summed E-state index contributed by atoms with van der Waals surface area (Å²) in [5.41, 5.74) is 1.33. The van der Waals surface area contributed by atoms with E-state index in [0.717, 1.165) is 4.31 Å². The van der Waals surface area contributed by atoms with Gasteiger partial charge in [-0.25, -0.2) is 22.1 Å². The minimum absolute atomic E-state index is 0.0212. The number of thiazole rings is 1. The third-order valence-corrected chi connectivity index (χ3v) is 7.05. The Balaban J connectivity index is 1.73. The van der Waals surface area contributed by atoms with E-state index in [-0.39, 0.29) is 16.3 Å². The fraction of sp³-hybridized carbons (Fsp3) is 0.100.